The van der Waals surface area contributed by atoms with Crippen LogP contribution in [0.1, 0.15) is 5.56 Å². The fourth-order valence-corrected chi connectivity index (χ4v) is 0.846. The highest BCUT2D eigenvalue weighted by Crippen LogP contribution is 2.20. The van der Waals surface area contributed by atoms with Gasteiger partial charge in [0.15, 0.2) is 17.4 Å². The third-order valence-electron chi connectivity index (χ3n) is 1.46. The van der Waals surface area contributed by atoms with Crippen molar-refractivity contribution >= 4 is 0 Å². The van der Waals surface area contributed by atoms with Crippen molar-refractivity contribution in [2.75, 3.05) is 6.54 Å². The zero-order chi connectivity index (χ0) is 11.3. The first kappa shape index (κ1) is 10.8. The van der Waals surface area contributed by atoms with E-state index in [0.717, 1.165) is 12.1 Å². The lowest BCUT2D eigenvalue weighted by atomic mass is 10.2. The highest BCUT2D eigenvalue weighted by Gasteiger charge is 2.07. The van der Waals surface area contributed by atoms with Gasteiger partial charge in [0.25, 0.3) is 0 Å². The molecule has 0 aliphatic heterocycles. The number of hydrogen-bond acceptors (Lipinski definition) is 2. The number of nitrogens with zero attached hydrogens (tertiary/aromatic N) is 3. The van der Waals surface area contributed by atoms with Crippen LogP contribution in [0.15, 0.2) is 17.2 Å². The molecule has 1 N–H and O–H groups in total. The lowest BCUT2D eigenvalue weighted by molar-refractivity contribution is 0.396. The molecular weight excluding hydrogens is 204 g/mol. The number of phenolic OH excluding ortho intramolecular Hbond substituents is 1. The van der Waals surface area contributed by atoms with Gasteiger partial charge >= 0.3 is 0 Å². The third kappa shape index (κ3) is 2.86. The lowest BCUT2D eigenvalue weighted by Crippen LogP contribution is -1.85. The average molecular weight is 209 g/mol. The van der Waals surface area contributed by atoms with Crippen molar-refractivity contribution in [3.05, 3.63) is 39.8 Å². The Hall–Kier alpha value is -2.25. The van der Waals surface area contributed by atoms with Gasteiger partial charge in [-0.2, -0.15) is 0 Å². The SMILES string of the molecule is [N-]=[N+]=NCC#Cc1cc(F)c(O)c(F)c1. The van der Waals surface area contributed by atoms with Gasteiger partial charge in [0, 0.05) is 10.5 Å². The molecule has 0 saturated heterocycles. The summed E-state index contributed by atoms with van der Waals surface area (Å²) in [6.07, 6.45) is 0. The molecule has 0 saturated carbocycles. The minimum atomic E-state index is -1.08. The summed E-state index contributed by atoms with van der Waals surface area (Å²) < 4.78 is 25.6. The molecule has 0 heterocycles. The highest BCUT2D eigenvalue weighted by atomic mass is 19.1. The number of phenols is 1. The Balaban J connectivity index is 2.95. The number of benzene rings is 1. The Morgan fingerprint density at radius 3 is 2.53 bits per heavy atom. The molecule has 0 atom stereocenters. The van der Waals surface area contributed by atoms with Gasteiger partial charge in [-0.15, -0.1) is 0 Å². The smallest absolute Gasteiger partial charge is 0.187 e. The van der Waals surface area contributed by atoms with Crippen LogP contribution in [0.25, 0.3) is 10.4 Å². The minimum absolute atomic E-state index is 0.0657. The van der Waals surface area contributed by atoms with Gasteiger partial charge in [-0.25, -0.2) is 8.78 Å². The molecule has 1 aromatic carbocycles. The zero-order valence-electron chi connectivity index (χ0n) is 7.41. The predicted molar refractivity (Wildman–Crippen MR) is 48.9 cm³/mol. The molecular formula is C9H5F2N3O. The molecule has 0 aliphatic carbocycles. The van der Waals surface area contributed by atoms with Crippen LogP contribution >= 0.6 is 0 Å². The van der Waals surface area contributed by atoms with E-state index in [1.165, 1.54) is 0 Å². The van der Waals surface area contributed by atoms with Crippen LogP contribution in [-0.2, 0) is 0 Å². The van der Waals surface area contributed by atoms with Gasteiger partial charge in [-0.3, -0.25) is 0 Å². The summed E-state index contributed by atoms with van der Waals surface area (Å²) in [5, 5.41) is 11.9. The molecule has 0 radical (unpaired) electrons. The first-order valence-electron chi connectivity index (χ1n) is 3.83. The van der Waals surface area contributed by atoms with E-state index < -0.39 is 17.4 Å². The van der Waals surface area contributed by atoms with E-state index in [-0.39, 0.29) is 12.1 Å². The summed E-state index contributed by atoms with van der Waals surface area (Å²) >= 11 is 0. The maximum atomic E-state index is 12.8. The third-order valence-corrected chi connectivity index (χ3v) is 1.46. The van der Waals surface area contributed by atoms with Crippen molar-refractivity contribution in [1.29, 1.82) is 0 Å². The first-order chi connectivity index (χ1) is 7.15. The van der Waals surface area contributed by atoms with E-state index in [4.69, 9.17) is 10.6 Å². The molecule has 1 aromatic rings. The first-order valence-corrected chi connectivity index (χ1v) is 3.83. The van der Waals surface area contributed by atoms with E-state index in [0.29, 0.717) is 0 Å². The van der Waals surface area contributed by atoms with Crippen molar-refractivity contribution in [2.45, 2.75) is 0 Å². The van der Waals surface area contributed by atoms with E-state index >= 15 is 0 Å². The summed E-state index contributed by atoms with van der Waals surface area (Å²) in [5.41, 5.74) is 7.99. The van der Waals surface area contributed by atoms with Crippen LogP contribution < -0.4 is 0 Å². The largest absolute Gasteiger partial charge is 0.503 e. The number of halogens is 2. The molecule has 76 valence electrons. The van der Waals surface area contributed by atoms with Crippen LogP contribution in [-0.4, -0.2) is 11.7 Å². The monoisotopic (exact) mass is 209 g/mol. The number of hydrogen-bond donors (Lipinski definition) is 1. The normalized spacial score (nSPS) is 8.67. The Labute approximate surface area is 83.8 Å². The molecule has 6 heteroatoms. The number of aromatic hydroxyl groups is 1. The molecule has 1 rings (SSSR count). The topological polar surface area (TPSA) is 69.0 Å². The molecule has 0 fully saturated rings. The summed E-state index contributed by atoms with van der Waals surface area (Å²) in [5.74, 6) is 1.58. The standard InChI is InChI=1S/C9H5F2N3O/c10-7-4-6(2-1-3-13-14-12)5-8(11)9(7)15/h4-5,15H,3H2. The van der Waals surface area contributed by atoms with Gasteiger partial charge < -0.3 is 5.11 Å². The number of azide groups is 1. The summed E-state index contributed by atoms with van der Waals surface area (Å²) in [4.78, 5) is 2.45. The summed E-state index contributed by atoms with van der Waals surface area (Å²) in [6.45, 7) is -0.0827. The molecule has 0 bridgehead atoms. The molecule has 0 unspecified atom stereocenters. The second kappa shape index (κ2) is 4.84. The molecule has 15 heavy (non-hydrogen) atoms. The summed E-state index contributed by atoms with van der Waals surface area (Å²) in [7, 11) is 0. The van der Waals surface area contributed by atoms with Gasteiger partial charge in [-0.1, -0.05) is 17.0 Å². The Morgan fingerprint density at radius 2 is 2.00 bits per heavy atom. The highest BCUT2D eigenvalue weighted by molar-refractivity contribution is 5.40. The zero-order valence-corrected chi connectivity index (χ0v) is 7.41. The number of rotatable bonds is 1. The molecule has 0 amide bonds. The van der Waals surface area contributed by atoms with Crippen LogP contribution in [0.2, 0.25) is 0 Å². The van der Waals surface area contributed by atoms with Crippen molar-refractivity contribution < 1.29 is 13.9 Å². The average Bonchev–Trinajstić information content (AvgIpc) is 2.21. The van der Waals surface area contributed by atoms with E-state index in [1.807, 2.05) is 0 Å². The van der Waals surface area contributed by atoms with E-state index in [1.54, 1.807) is 0 Å². The van der Waals surface area contributed by atoms with Crippen LogP contribution in [0.5, 0.6) is 5.75 Å². The molecule has 0 spiro atoms. The van der Waals surface area contributed by atoms with E-state index in [9.17, 15) is 8.78 Å². The second-order valence-corrected chi connectivity index (χ2v) is 2.48. The molecule has 0 aliphatic rings. The van der Waals surface area contributed by atoms with Crippen molar-refractivity contribution in [1.82, 2.24) is 0 Å². The maximum Gasteiger partial charge on any atom is 0.187 e. The lowest BCUT2D eigenvalue weighted by Gasteiger charge is -1.97. The fraction of sp³-hybridized carbons (Fsp3) is 0.111. The van der Waals surface area contributed by atoms with Crippen molar-refractivity contribution in [3.8, 4) is 17.6 Å². The minimum Gasteiger partial charge on any atom is -0.503 e. The summed E-state index contributed by atoms with van der Waals surface area (Å²) in [6, 6.07) is 1.78. The second-order valence-electron chi connectivity index (χ2n) is 2.48. The van der Waals surface area contributed by atoms with Gasteiger partial charge in [-0.05, 0) is 17.7 Å². The Kier molecular flexibility index (Phi) is 3.49. The quantitative estimate of drug-likeness (QED) is 0.328. The fourth-order valence-electron chi connectivity index (χ4n) is 0.846. The van der Waals surface area contributed by atoms with Crippen molar-refractivity contribution in [3.63, 3.8) is 0 Å². The van der Waals surface area contributed by atoms with Crippen LogP contribution in [0.4, 0.5) is 8.78 Å². The Bertz CT molecular complexity index is 461. The van der Waals surface area contributed by atoms with Gasteiger partial charge in [0.05, 0.1) is 6.54 Å². The maximum absolute atomic E-state index is 12.8. The Morgan fingerprint density at radius 1 is 1.40 bits per heavy atom. The molecule has 4 nitrogen and oxygen atoms in total. The van der Waals surface area contributed by atoms with E-state index in [2.05, 4.69) is 21.9 Å². The van der Waals surface area contributed by atoms with Crippen LogP contribution in [0.3, 0.4) is 0 Å². The van der Waals surface area contributed by atoms with Crippen molar-refractivity contribution in [2.24, 2.45) is 5.11 Å². The van der Waals surface area contributed by atoms with Crippen LogP contribution in [0, 0.1) is 23.5 Å². The van der Waals surface area contributed by atoms with Gasteiger partial charge in [0.1, 0.15) is 0 Å². The molecule has 0 aromatic heterocycles. The predicted octanol–water partition coefficient (Wildman–Crippen LogP) is 2.33. The van der Waals surface area contributed by atoms with Gasteiger partial charge in [0.2, 0.25) is 0 Å².